The first kappa shape index (κ1) is 20.0. The third-order valence-electron chi connectivity index (χ3n) is 5.88. The summed E-state index contributed by atoms with van der Waals surface area (Å²) < 4.78 is 0. The SMILES string of the molecule is CCc1cccc(N2C(=O)CS[C@@H]2c2cccc(NC(=O)C3CCCCC3)c2)c1. The molecule has 1 atom stereocenters. The van der Waals surface area contributed by atoms with Crippen molar-refractivity contribution in [2.75, 3.05) is 16.0 Å². The molecule has 152 valence electrons. The summed E-state index contributed by atoms with van der Waals surface area (Å²) >= 11 is 1.64. The Labute approximate surface area is 177 Å². The standard InChI is InChI=1S/C24H28N2O2S/c1-2-17-8-6-13-21(14-17)26-22(27)16-29-24(26)19-11-7-12-20(15-19)25-23(28)18-9-4-3-5-10-18/h6-8,11-15,18,24H,2-5,9-10,16H2,1H3,(H,25,28)/t24-/m1/s1. The van der Waals surface area contributed by atoms with E-state index >= 15 is 0 Å². The van der Waals surface area contributed by atoms with Gasteiger partial charge in [0.05, 0.1) is 5.75 Å². The molecule has 29 heavy (non-hydrogen) atoms. The first-order valence-corrected chi connectivity index (χ1v) is 11.6. The predicted molar refractivity (Wildman–Crippen MR) is 120 cm³/mol. The summed E-state index contributed by atoms with van der Waals surface area (Å²) in [5.41, 5.74) is 4.03. The number of carbonyl (C=O) groups excluding carboxylic acids is 2. The Balaban J connectivity index is 1.54. The highest BCUT2D eigenvalue weighted by Gasteiger charge is 2.34. The molecule has 0 spiro atoms. The number of anilines is 2. The maximum atomic E-state index is 12.7. The lowest BCUT2D eigenvalue weighted by molar-refractivity contribution is -0.120. The minimum atomic E-state index is -0.0684. The topological polar surface area (TPSA) is 49.4 Å². The van der Waals surface area contributed by atoms with Crippen molar-refractivity contribution in [3.63, 3.8) is 0 Å². The number of carbonyl (C=O) groups is 2. The van der Waals surface area contributed by atoms with E-state index in [-0.39, 0.29) is 23.1 Å². The Morgan fingerprint density at radius 1 is 1.10 bits per heavy atom. The summed E-state index contributed by atoms with van der Waals surface area (Å²) in [6.45, 7) is 2.12. The van der Waals surface area contributed by atoms with Crippen molar-refractivity contribution in [3.8, 4) is 0 Å². The van der Waals surface area contributed by atoms with Gasteiger partial charge in [-0.2, -0.15) is 0 Å². The zero-order valence-corrected chi connectivity index (χ0v) is 17.7. The lowest BCUT2D eigenvalue weighted by Gasteiger charge is -2.25. The van der Waals surface area contributed by atoms with Crippen LogP contribution in [-0.4, -0.2) is 17.6 Å². The van der Waals surface area contributed by atoms with Crippen LogP contribution in [0.2, 0.25) is 0 Å². The molecule has 1 aliphatic heterocycles. The van der Waals surface area contributed by atoms with Gasteiger partial charge in [-0.3, -0.25) is 14.5 Å². The molecule has 1 saturated heterocycles. The van der Waals surface area contributed by atoms with Gasteiger partial charge in [0.2, 0.25) is 11.8 Å². The van der Waals surface area contributed by atoms with Crippen LogP contribution in [0.1, 0.15) is 55.5 Å². The van der Waals surface area contributed by atoms with Gasteiger partial charge in [0, 0.05) is 17.3 Å². The normalized spacial score (nSPS) is 20.1. The Kier molecular flexibility index (Phi) is 6.24. The Morgan fingerprint density at radius 2 is 1.90 bits per heavy atom. The summed E-state index contributed by atoms with van der Waals surface area (Å²) in [6.07, 6.45) is 6.44. The molecule has 0 bridgehead atoms. The zero-order chi connectivity index (χ0) is 20.2. The number of rotatable bonds is 5. The molecule has 1 aliphatic carbocycles. The molecular formula is C24H28N2O2S. The number of nitrogens with zero attached hydrogens (tertiary/aromatic N) is 1. The molecule has 4 nitrogen and oxygen atoms in total. The average Bonchev–Trinajstić information content (AvgIpc) is 3.16. The van der Waals surface area contributed by atoms with Gasteiger partial charge in [-0.25, -0.2) is 0 Å². The van der Waals surface area contributed by atoms with Crippen LogP contribution in [0.15, 0.2) is 48.5 Å². The lowest BCUT2D eigenvalue weighted by Crippen LogP contribution is -2.28. The fourth-order valence-electron chi connectivity index (χ4n) is 4.26. The molecule has 2 aromatic rings. The molecule has 2 aliphatic rings. The summed E-state index contributed by atoms with van der Waals surface area (Å²) in [6, 6.07) is 16.2. The molecule has 2 aromatic carbocycles. The van der Waals surface area contributed by atoms with Crippen LogP contribution in [-0.2, 0) is 16.0 Å². The van der Waals surface area contributed by atoms with Crippen molar-refractivity contribution in [2.45, 2.75) is 50.8 Å². The Hall–Kier alpha value is -2.27. The smallest absolute Gasteiger partial charge is 0.238 e. The van der Waals surface area contributed by atoms with E-state index in [1.165, 1.54) is 12.0 Å². The zero-order valence-electron chi connectivity index (χ0n) is 16.9. The second-order valence-corrected chi connectivity index (χ2v) is 8.97. The van der Waals surface area contributed by atoms with E-state index in [9.17, 15) is 9.59 Å². The second kappa shape index (κ2) is 9.04. The number of amides is 2. The number of hydrogen-bond acceptors (Lipinski definition) is 3. The minimum absolute atomic E-state index is 0.0684. The van der Waals surface area contributed by atoms with Crippen molar-refractivity contribution in [1.29, 1.82) is 0 Å². The molecular weight excluding hydrogens is 380 g/mol. The number of nitrogens with one attached hydrogen (secondary N) is 1. The maximum absolute atomic E-state index is 12.7. The van der Waals surface area contributed by atoms with Gasteiger partial charge in [0.15, 0.2) is 0 Å². The summed E-state index contributed by atoms with van der Waals surface area (Å²) in [5, 5.41) is 3.04. The van der Waals surface area contributed by atoms with Gasteiger partial charge < -0.3 is 5.32 Å². The van der Waals surface area contributed by atoms with Crippen LogP contribution in [0, 0.1) is 5.92 Å². The highest BCUT2D eigenvalue weighted by atomic mass is 32.2. The maximum Gasteiger partial charge on any atom is 0.238 e. The number of thioether (sulfide) groups is 1. The van der Waals surface area contributed by atoms with Gasteiger partial charge >= 0.3 is 0 Å². The summed E-state index contributed by atoms with van der Waals surface area (Å²) in [5.74, 6) is 0.859. The molecule has 0 unspecified atom stereocenters. The monoisotopic (exact) mass is 408 g/mol. The van der Waals surface area contributed by atoms with Crippen LogP contribution in [0.5, 0.6) is 0 Å². The van der Waals surface area contributed by atoms with Crippen LogP contribution in [0.4, 0.5) is 11.4 Å². The molecule has 0 radical (unpaired) electrons. The molecule has 1 saturated carbocycles. The third-order valence-corrected chi connectivity index (χ3v) is 7.09. The fourth-order valence-corrected chi connectivity index (χ4v) is 5.42. The van der Waals surface area contributed by atoms with Crippen LogP contribution >= 0.6 is 11.8 Å². The highest BCUT2D eigenvalue weighted by molar-refractivity contribution is 8.00. The molecule has 5 heteroatoms. The second-order valence-electron chi connectivity index (χ2n) is 7.90. The molecule has 0 aromatic heterocycles. The largest absolute Gasteiger partial charge is 0.326 e. The molecule has 4 rings (SSSR count). The molecule has 2 amide bonds. The van der Waals surface area contributed by atoms with Gasteiger partial charge in [-0.1, -0.05) is 50.5 Å². The van der Waals surface area contributed by atoms with E-state index < -0.39 is 0 Å². The van der Waals surface area contributed by atoms with Crippen LogP contribution in [0.25, 0.3) is 0 Å². The number of aryl methyl sites for hydroxylation is 1. The number of hydrogen-bond donors (Lipinski definition) is 1. The van der Waals surface area contributed by atoms with Crippen molar-refractivity contribution < 1.29 is 9.59 Å². The van der Waals surface area contributed by atoms with E-state index in [0.29, 0.717) is 5.75 Å². The average molecular weight is 409 g/mol. The minimum Gasteiger partial charge on any atom is -0.326 e. The fraction of sp³-hybridized carbons (Fsp3) is 0.417. The third kappa shape index (κ3) is 4.50. The van der Waals surface area contributed by atoms with E-state index in [1.807, 2.05) is 41.3 Å². The van der Waals surface area contributed by atoms with Crippen molar-refractivity contribution >= 4 is 35.0 Å². The lowest BCUT2D eigenvalue weighted by atomic mass is 9.88. The van der Waals surface area contributed by atoms with Gasteiger partial charge in [0.1, 0.15) is 5.37 Å². The van der Waals surface area contributed by atoms with Crippen molar-refractivity contribution in [3.05, 3.63) is 59.7 Å². The molecule has 2 fully saturated rings. The first-order chi connectivity index (χ1) is 14.2. The van der Waals surface area contributed by atoms with Crippen molar-refractivity contribution in [1.82, 2.24) is 0 Å². The van der Waals surface area contributed by atoms with E-state index in [2.05, 4.69) is 24.4 Å². The molecule has 1 N–H and O–H groups in total. The quantitative estimate of drug-likeness (QED) is 0.706. The Morgan fingerprint density at radius 3 is 2.69 bits per heavy atom. The number of benzene rings is 2. The summed E-state index contributed by atoms with van der Waals surface area (Å²) in [4.78, 5) is 27.2. The molecule has 1 heterocycles. The van der Waals surface area contributed by atoms with E-state index in [1.54, 1.807) is 11.8 Å². The first-order valence-electron chi connectivity index (χ1n) is 10.6. The predicted octanol–water partition coefficient (Wildman–Crippen LogP) is 5.55. The van der Waals surface area contributed by atoms with Gasteiger partial charge in [0.25, 0.3) is 0 Å². The summed E-state index contributed by atoms with van der Waals surface area (Å²) in [7, 11) is 0. The van der Waals surface area contributed by atoms with E-state index in [4.69, 9.17) is 0 Å². The van der Waals surface area contributed by atoms with Crippen LogP contribution in [0.3, 0.4) is 0 Å². The Bertz CT molecular complexity index is 892. The van der Waals surface area contributed by atoms with Crippen LogP contribution < -0.4 is 10.2 Å². The highest BCUT2D eigenvalue weighted by Crippen LogP contribution is 2.42. The van der Waals surface area contributed by atoms with Gasteiger partial charge in [-0.15, -0.1) is 11.8 Å². The van der Waals surface area contributed by atoms with E-state index in [0.717, 1.165) is 49.0 Å². The van der Waals surface area contributed by atoms with Crippen molar-refractivity contribution in [2.24, 2.45) is 5.92 Å². The van der Waals surface area contributed by atoms with Gasteiger partial charge in [-0.05, 0) is 54.7 Å².